The molecule has 0 bridgehead atoms. The van der Waals surface area contributed by atoms with Gasteiger partial charge in [0.1, 0.15) is 6.54 Å². The zero-order valence-corrected chi connectivity index (χ0v) is 16.9. The Morgan fingerprint density at radius 1 is 1.17 bits per heavy atom. The third kappa shape index (κ3) is 4.68. The van der Waals surface area contributed by atoms with Crippen molar-refractivity contribution in [1.29, 1.82) is 0 Å². The molecule has 3 aromatic rings. The van der Waals surface area contributed by atoms with Crippen molar-refractivity contribution in [2.45, 2.75) is 46.4 Å². The van der Waals surface area contributed by atoms with Crippen molar-refractivity contribution in [3.63, 3.8) is 0 Å². The number of hydrogen-bond acceptors (Lipinski definition) is 6. The first-order chi connectivity index (χ1) is 14.1. The topological polar surface area (TPSA) is 93.8 Å². The maximum atomic E-state index is 12.3. The summed E-state index contributed by atoms with van der Waals surface area (Å²) in [7, 11) is 0. The Morgan fingerprint density at radius 2 is 2.00 bits per heavy atom. The molecule has 1 N–H and O–H groups in total. The normalized spacial score (nSPS) is 14.0. The molecule has 0 fully saturated rings. The van der Waals surface area contributed by atoms with Gasteiger partial charge in [-0.15, -0.1) is 5.10 Å². The Morgan fingerprint density at radius 3 is 2.79 bits per heavy atom. The number of nitrogens with zero attached hydrogens (tertiary/aromatic N) is 7. The van der Waals surface area contributed by atoms with Gasteiger partial charge in [0.15, 0.2) is 5.82 Å². The second-order valence-electron chi connectivity index (χ2n) is 7.48. The molecule has 1 aliphatic heterocycles. The predicted octanol–water partition coefficient (Wildman–Crippen LogP) is 0.861. The number of carbonyl (C=O) groups is 1. The molecule has 0 unspecified atom stereocenters. The molecule has 0 spiro atoms. The molecule has 29 heavy (non-hydrogen) atoms. The van der Waals surface area contributed by atoms with Crippen LogP contribution in [0.25, 0.3) is 0 Å². The highest BCUT2D eigenvalue weighted by atomic mass is 16.2. The number of aromatic nitrogens is 6. The fourth-order valence-electron chi connectivity index (χ4n) is 3.74. The highest BCUT2D eigenvalue weighted by Crippen LogP contribution is 2.19. The molecule has 1 aliphatic rings. The number of benzene rings is 1. The lowest BCUT2D eigenvalue weighted by Crippen LogP contribution is -2.34. The standard InChI is InChI=1S/C20H26N8O/c1-15-11-16(2)27(23-15)10-8-21-20(29)14-28-19(22-24-25-28)13-26-9-7-17-5-3-4-6-18(17)12-26/h3-6,11H,7-10,12-14H2,1-2H3,(H,21,29). The van der Waals surface area contributed by atoms with Gasteiger partial charge in [0.2, 0.25) is 5.91 Å². The smallest absolute Gasteiger partial charge is 0.241 e. The van der Waals surface area contributed by atoms with E-state index in [1.54, 1.807) is 4.68 Å². The van der Waals surface area contributed by atoms with Gasteiger partial charge in [0, 0.05) is 25.3 Å². The van der Waals surface area contributed by atoms with Gasteiger partial charge in [-0.05, 0) is 47.9 Å². The van der Waals surface area contributed by atoms with Crippen LogP contribution in [0.3, 0.4) is 0 Å². The van der Waals surface area contributed by atoms with Crippen molar-refractivity contribution in [3.05, 3.63) is 58.7 Å². The van der Waals surface area contributed by atoms with Gasteiger partial charge >= 0.3 is 0 Å². The van der Waals surface area contributed by atoms with E-state index >= 15 is 0 Å². The first kappa shape index (κ1) is 19.3. The van der Waals surface area contributed by atoms with Gasteiger partial charge in [-0.2, -0.15) is 5.10 Å². The minimum Gasteiger partial charge on any atom is -0.353 e. The Balaban J connectivity index is 1.29. The number of hydrogen-bond donors (Lipinski definition) is 1. The maximum absolute atomic E-state index is 12.3. The third-order valence-corrected chi connectivity index (χ3v) is 5.22. The van der Waals surface area contributed by atoms with Gasteiger partial charge in [-0.1, -0.05) is 24.3 Å². The van der Waals surface area contributed by atoms with Crippen molar-refractivity contribution in [2.75, 3.05) is 13.1 Å². The van der Waals surface area contributed by atoms with Crippen molar-refractivity contribution < 1.29 is 4.79 Å². The van der Waals surface area contributed by atoms with Crippen LogP contribution in [0, 0.1) is 13.8 Å². The van der Waals surface area contributed by atoms with Crippen LogP contribution in [-0.2, 0) is 37.4 Å². The van der Waals surface area contributed by atoms with Crippen LogP contribution < -0.4 is 5.32 Å². The molecule has 1 aromatic carbocycles. The van der Waals surface area contributed by atoms with Crippen LogP contribution in [0.4, 0.5) is 0 Å². The van der Waals surface area contributed by atoms with Crippen LogP contribution in [0.1, 0.15) is 28.3 Å². The molecule has 3 heterocycles. The summed E-state index contributed by atoms with van der Waals surface area (Å²) in [5, 5.41) is 19.2. The van der Waals surface area contributed by atoms with E-state index in [-0.39, 0.29) is 12.5 Å². The van der Waals surface area contributed by atoms with Gasteiger partial charge in [-0.3, -0.25) is 14.4 Å². The van der Waals surface area contributed by atoms with Crippen LogP contribution in [-0.4, -0.2) is 53.9 Å². The molecule has 1 amide bonds. The first-order valence-electron chi connectivity index (χ1n) is 9.90. The molecule has 0 saturated heterocycles. The average Bonchev–Trinajstić information content (AvgIpc) is 3.27. The average molecular weight is 394 g/mol. The van der Waals surface area contributed by atoms with Crippen LogP contribution in [0.2, 0.25) is 0 Å². The lowest BCUT2D eigenvalue weighted by atomic mass is 10.00. The first-order valence-corrected chi connectivity index (χ1v) is 9.90. The summed E-state index contributed by atoms with van der Waals surface area (Å²) >= 11 is 0. The lowest BCUT2D eigenvalue weighted by Gasteiger charge is -2.28. The SMILES string of the molecule is Cc1cc(C)n(CCNC(=O)Cn2nnnc2CN2CCc3ccccc3C2)n1. The summed E-state index contributed by atoms with van der Waals surface area (Å²) in [5.41, 5.74) is 4.82. The Labute approximate surface area is 169 Å². The molecule has 4 rings (SSSR count). The number of amides is 1. The van der Waals surface area contributed by atoms with Gasteiger partial charge < -0.3 is 5.32 Å². The van der Waals surface area contributed by atoms with Gasteiger partial charge in [0.25, 0.3) is 0 Å². The number of aryl methyl sites for hydroxylation is 2. The summed E-state index contributed by atoms with van der Waals surface area (Å²) in [6.07, 6.45) is 1.02. The van der Waals surface area contributed by atoms with E-state index in [2.05, 4.69) is 55.1 Å². The van der Waals surface area contributed by atoms with Crippen molar-refractivity contribution in [1.82, 2.24) is 40.2 Å². The molecule has 2 aromatic heterocycles. The zero-order valence-electron chi connectivity index (χ0n) is 16.9. The summed E-state index contributed by atoms with van der Waals surface area (Å²) < 4.78 is 3.48. The maximum Gasteiger partial charge on any atom is 0.241 e. The van der Waals surface area contributed by atoms with Crippen molar-refractivity contribution in [2.24, 2.45) is 0 Å². The van der Waals surface area contributed by atoms with Crippen LogP contribution in [0.5, 0.6) is 0 Å². The van der Waals surface area contributed by atoms with E-state index in [0.29, 0.717) is 25.5 Å². The van der Waals surface area contributed by atoms with E-state index in [0.717, 1.165) is 30.9 Å². The number of carbonyl (C=O) groups excluding carboxylic acids is 1. The van der Waals surface area contributed by atoms with E-state index in [1.165, 1.54) is 11.1 Å². The monoisotopic (exact) mass is 394 g/mol. The quantitative estimate of drug-likeness (QED) is 0.639. The molecule has 0 atom stereocenters. The summed E-state index contributed by atoms with van der Waals surface area (Å²) in [6, 6.07) is 10.5. The van der Waals surface area contributed by atoms with Gasteiger partial charge in [-0.25, -0.2) is 4.68 Å². The number of nitrogens with one attached hydrogen (secondary N) is 1. The van der Waals surface area contributed by atoms with Crippen LogP contribution in [0.15, 0.2) is 30.3 Å². The third-order valence-electron chi connectivity index (χ3n) is 5.22. The van der Waals surface area contributed by atoms with E-state index < -0.39 is 0 Å². The molecule has 0 aliphatic carbocycles. The Hall–Kier alpha value is -3.07. The zero-order chi connectivity index (χ0) is 20.2. The van der Waals surface area contributed by atoms with Crippen molar-refractivity contribution >= 4 is 5.91 Å². The van der Waals surface area contributed by atoms with Gasteiger partial charge in [0.05, 0.1) is 18.8 Å². The fourth-order valence-corrected chi connectivity index (χ4v) is 3.74. The molecule has 152 valence electrons. The van der Waals surface area contributed by atoms with Crippen LogP contribution >= 0.6 is 0 Å². The summed E-state index contributed by atoms with van der Waals surface area (Å²) in [4.78, 5) is 14.6. The number of tetrazole rings is 1. The minimum absolute atomic E-state index is 0.107. The molecular weight excluding hydrogens is 368 g/mol. The van der Waals surface area contributed by atoms with E-state index in [1.807, 2.05) is 24.6 Å². The largest absolute Gasteiger partial charge is 0.353 e. The molecule has 9 nitrogen and oxygen atoms in total. The molecule has 0 saturated carbocycles. The minimum atomic E-state index is -0.107. The fraction of sp³-hybridized carbons (Fsp3) is 0.450. The predicted molar refractivity (Wildman–Crippen MR) is 107 cm³/mol. The summed E-state index contributed by atoms with van der Waals surface area (Å²) in [6.45, 7) is 7.69. The number of fused-ring (bicyclic) bond motifs is 1. The summed E-state index contributed by atoms with van der Waals surface area (Å²) in [5.74, 6) is 0.599. The highest BCUT2D eigenvalue weighted by molar-refractivity contribution is 5.75. The Kier molecular flexibility index (Phi) is 5.66. The van der Waals surface area contributed by atoms with E-state index in [4.69, 9.17) is 0 Å². The molecule has 9 heteroatoms. The number of rotatable bonds is 7. The van der Waals surface area contributed by atoms with E-state index in [9.17, 15) is 4.79 Å². The highest BCUT2D eigenvalue weighted by Gasteiger charge is 2.19. The Bertz CT molecular complexity index is 992. The lowest BCUT2D eigenvalue weighted by molar-refractivity contribution is -0.121. The molecular formula is C20H26N8O. The van der Waals surface area contributed by atoms with Crippen molar-refractivity contribution in [3.8, 4) is 0 Å². The second-order valence-corrected chi connectivity index (χ2v) is 7.48. The second kappa shape index (κ2) is 8.52. The molecule has 0 radical (unpaired) electrons.